The molecule has 0 radical (unpaired) electrons. The molecule has 1 nitrogen and oxygen atoms in total. The molecule has 1 N–H and O–H groups in total. The standard InChI is InChI=1S/C17H30F3N/c1-3-21-16(13-6-4-12(2)5-7-13)14-8-10-15(11-9-14)17(18,19)20/h12-16,21H,3-11H2,1-2H3. The van der Waals surface area contributed by atoms with Gasteiger partial charge in [0.15, 0.2) is 0 Å². The Labute approximate surface area is 127 Å². The predicted molar refractivity (Wildman–Crippen MR) is 80.1 cm³/mol. The molecule has 21 heavy (non-hydrogen) atoms. The summed E-state index contributed by atoms with van der Waals surface area (Å²) in [4.78, 5) is 0. The lowest BCUT2D eigenvalue weighted by Gasteiger charge is -2.41. The summed E-state index contributed by atoms with van der Waals surface area (Å²) in [5, 5.41) is 3.61. The fraction of sp³-hybridized carbons (Fsp3) is 1.00. The van der Waals surface area contributed by atoms with Crippen molar-refractivity contribution in [2.45, 2.75) is 77.4 Å². The highest BCUT2D eigenvalue weighted by Gasteiger charge is 2.43. The van der Waals surface area contributed by atoms with Crippen molar-refractivity contribution in [3.8, 4) is 0 Å². The third-order valence-electron chi connectivity index (χ3n) is 5.75. The van der Waals surface area contributed by atoms with Crippen molar-refractivity contribution in [3.05, 3.63) is 0 Å². The first-order chi connectivity index (χ1) is 9.91. The van der Waals surface area contributed by atoms with E-state index in [9.17, 15) is 13.2 Å². The molecule has 0 amide bonds. The van der Waals surface area contributed by atoms with Crippen molar-refractivity contribution < 1.29 is 13.2 Å². The molecular weight excluding hydrogens is 275 g/mol. The van der Waals surface area contributed by atoms with Gasteiger partial charge < -0.3 is 5.32 Å². The molecule has 0 spiro atoms. The molecule has 0 aromatic rings. The molecule has 1 atom stereocenters. The Hall–Kier alpha value is -0.250. The van der Waals surface area contributed by atoms with Gasteiger partial charge in [0.2, 0.25) is 0 Å². The van der Waals surface area contributed by atoms with Crippen LogP contribution in [0.5, 0.6) is 0 Å². The minimum absolute atomic E-state index is 0.333. The van der Waals surface area contributed by atoms with E-state index in [4.69, 9.17) is 0 Å². The summed E-state index contributed by atoms with van der Waals surface area (Å²) in [6.45, 7) is 5.35. The van der Waals surface area contributed by atoms with Gasteiger partial charge in [0.1, 0.15) is 0 Å². The van der Waals surface area contributed by atoms with E-state index in [1.165, 1.54) is 25.7 Å². The van der Waals surface area contributed by atoms with E-state index in [1.807, 2.05) is 0 Å². The quantitative estimate of drug-likeness (QED) is 0.756. The van der Waals surface area contributed by atoms with Crippen molar-refractivity contribution in [2.24, 2.45) is 23.7 Å². The second kappa shape index (κ2) is 7.34. The van der Waals surface area contributed by atoms with Gasteiger partial charge in [0.05, 0.1) is 5.92 Å². The van der Waals surface area contributed by atoms with E-state index in [0.29, 0.717) is 30.7 Å². The van der Waals surface area contributed by atoms with Crippen LogP contribution in [0.3, 0.4) is 0 Å². The Bertz CT molecular complexity index is 300. The van der Waals surface area contributed by atoms with Crippen LogP contribution in [0.1, 0.15) is 65.2 Å². The van der Waals surface area contributed by atoms with Crippen LogP contribution in [0, 0.1) is 23.7 Å². The molecule has 0 saturated heterocycles. The van der Waals surface area contributed by atoms with Crippen molar-refractivity contribution in [1.29, 1.82) is 0 Å². The summed E-state index contributed by atoms with van der Waals surface area (Å²) < 4.78 is 38.4. The van der Waals surface area contributed by atoms with Crippen LogP contribution in [0.2, 0.25) is 0 Å². The lowest BCUT2D eigenvalue weighted by atomic mass is 9.70. The van der Waals surface area contributed by atoms with Crippen molar-refractivity contribution >= 4 is 0 Å². The highest BCUT2D eigenvalue weighted by Crippen LogP contribution is 2.43. The third kappa shape index (κ3) is 4.61. The molecule has 2 aliphatic rings. The van der Waals surface area contributed by atoms with E-state index in [0.717, 1.165) is 25.3 Å². The second-order valence-corrected chi connectivity index (χ2v) is 7.26. The van der Waals surface area contributed by atoms with Crippen LogP contribution in [0.4, 0.5) is 13.2 Å². The molecule has 2 aliphatic carbocycles. The van der Waals surface area contributed by atoms with E-state index < -0.39 is 12.1 Å². The summed E-state index contributed by atoms with van der Waals surface area (Å²) in [6, 6.07) is 0.441. The zero-order valence-electron chi connectivity index (χ0n) is 13.4. The first-order valence-electron chi connectivity index (χ1n) is 8.71. The first kappa shape index (κ1) is 17.1. The fourth-order valence-electron chi connectivity index (χ4n) is 4.40. The van der Waals surface area contributed by atoms with Crippen LogP contribution in [0.15, 0.2) is 0 Å². The van der Waals surface area contributed by atoms with Gasteiger partial charge in [-0.15, -0.1) is 0 Å². The Morgan fingerprint density at radius 2 is 1.38 bits per heavy atom. The van der Waals surface area contributed by atoms with Gasteiger partial charge in [-0.2, -0.15) is 13.2 Å². The minimum Gasteiger partial charge on any atom is -0.314 e. The molecule has 4 heteroatoms. The number of hydrogen-bond donors (Lipinski definition) is 1. The van der Waals surface area contributed by atoms with Gasteiger partial charge in [-0.1, -0.05) is 26.7 Å². The molecule has 0 bridgehead atoms. The number of hydrogen-bond acceptors (Lipinski definition) is 1. The average Bonchev–Trinajstić information content (AvgIpc) is 2.45. The second-order valence-electron chi connectivity index (χ2n) is 7.26. The van der Waals surface area contributed by atoms with Crippen molar-refractivity contribution in [2.75, 3.05) is 6.54 Å². The maximum absolute atomic E-state index is 12.8. The number of nitrogens with one attached hydrogen (secondary N) is 1. The Balaban J connectivity index is 1.91. The summed E-state index contributed by atoms with van der Waals surface area (Å²) in [6.07, 6.45) is 3.23. The molecule has 2 saturated carbocycles. The summed E-state index contributed by atoms with van der Waals surface area (Å²) in [7, 11) is 0. The van der Waals surface area contributed by atoms with Gasteiger partial charge in [0, 0.05) is 6.04 Å². The third-order valence-corrected chi connectivity index (χ3v) is 5.75. The van der Waals surface area contributed by atoms with Crippen LogP contribution in [0.25, 0.3) is 0 Å². The fourth-order valence-corrected chi connectivity index (χ4v) is 4.40. The average molecular weight is 305 g/mol. The lowest BCUT2D eigenvalue weighted by Crippen LogP contribution is -2.45. The summed E-state index contributed by atoms with van der Waals surface area (Å²) in [5.74, 6) is 0.891. The lowest BCUT2D eigenvalue weighted by molar-refractivity contribution is -0.184. The summed E-state index contributed by atoms with van der Waals surface area (Å²) >= 11 is 0. The zero-order valence-corrected chi connectivity index (χ0v) is 13.4. The van der Waals surface area contributed by atoms with Crippen LogP contribution >= 0.6 is 0 Å². The minimum atomic E-state index is -3.99. The topological polar surface area (TPSA) is 12.0 Å². The molecular formula is C17H30F3N. The molecule has 124 valence electrons. The van der Waals surface area contributed by atoms with E-state index in [2.05, 4.69) is 19.2 Å². The Kier molecular flexibility index (Phi) is 5.98. The normalized spacial score (nSPS) is 36.4. The Morgan fingerprint density at radius 1 is 0.905 bits per heavy atom. The highest BCUT2D eigenvalue weighted by molar-refractivity contribution is 4.89. The van der Waals surface area contributed by atoms with Gasteiger partial charge in [-0.05, 0) is 62.8 Å². The number of rotatable bonds is 4. The first-order valence-corrected chi connectivity index (χ1v) is 8.71. The maximum Gasteiger partial charge on any atom is 0.391 e. The van der Waals surface area contributed by atoms with E-state index >= 15 is 0 Å². The van der Waals surface area contributed by atoms with Gasteiger partial charge >= 0.3 is 6.18 Å². The van der Waals surface area contributed by atoms with Gasteiger partial charge in [-0.25, -0.2) is 0 Å². The largest absolute Gasteiger partial charge is 0.391 e. The SMILES string of the molecule is CCNC(C1CCC(C)CC1)C1CCC(C(F)(F)F)CC1. The van der Waals surface area contributed by atoms with Crippen LogP contribution in [-0.4, -0.2) is 18.8 Å². The maximum atomic E-state index is 12.8. The molecule has 0 heterocycles. The van der Waals surface area contributed by atoms with Crippen LogP contribution in [-0.2, 0) is 0 Å². The number of halogens is 3. The van der Waals surface area contributed by atoms with Crippen LogP contribution < -0.4 is 5.32 Å². The molecule has 0 aliphatic heterocycles. The highest BCUT2D eigenvalue weighted by atomic mass is 19.4. The predicted octanol–water partition coefficient (Wildman–Crippen LogP) is 5.16. The van der Waals surface area contributed by atoms with Crippen molar-refractivity contribution in [1.82, 2.24) is 5.32 Å². The van der Waals surface area contributed by atoms with Gasteiger partial charge in [-0.3, -0.25) is 0 Å². The summed E-state index contributed by atoms with van der Waals surface area (Å²) in [5.41, 5.74) is 0. The molecule has 2 rings (SSSR count). The smallest absolute Gasteiger partial charge is 0.314 e. The van der Waals surface area contributed by atoms with Crippen molar-refractivity contribution in [3.63, 3.8) is 0 Å². The monoisotopic (exact) mass is 305 g/mol. The van der Waals surface area contributed by atoms with E-state index in [1.54, 1.807) is 0 Å². The zero-order chi connectivity index (χ0) is 15.5. The Morgan fingerprint density at radius 3 is 1.81 bits per heavy atom. The van der Waals surface area contributed by atoms with Gasteiger partial charge in [0.25, 0.3) is 0 Å². The molecule has 2 fully saturated rings. The van der Waals surface area contributed by atoms with E-state index in [-0.39, 0.29) is 0 Å². The molecule has 0 aromatic carbocycles. The molecule has 1 unspecified atom stereocenters. The molecule has 0 aromatic heterocycles. The number of alkyl halides is 3.